The van der Waals surface area contributed by atoms with Crippen molar-refractivity contribution < 1.29 is 22.3 Å². The summed E-state index contributed by atoms with van der Waals surface area (Å²) in [6, 6.07) is 9.59. The fourth-order valence-corrected chi connectivity index (χ4v) is 2.49. The Hall–Kier alpha value is -1.66. The fraction of sp³-hybridized carbons (Fsp3) is 0.308. The van der Waals surface area contributed by atoms with Crippen LogP contribution >= 0.6 is 0 Å². The number of pyridine rings is 1. The van der Waals surface area contributed by atoms with Gasteiger partial charge in [0.15, 0.2) is 6.20 Å². The summed E-state index contributed by atoms with van der Waals surface area (Å²) in [6.07, 6.45) is 2.26. The highest BCUT2D eigenvalue weighted by molar-refractivity contribution is 7.85. The Labute approximate surface area is 112 Å². The van der Waals surface area contributed by atoms with Crippen LogP contribution < -0.4 is 9.30 Å². The summed E-state index contributed by atoms with van der Waals surface area (Å²) in [5.41, 5.74) is 0.999. The first kappa shape index (κ1) is 13.8. The van der Waals surface area contributed by atoms with Crippen molar-refractivity contribution in [3.05, 3.63) is 36.5 Å². The number of aromatic nitrogens is 1. The molecule has 0 bridgehead atoms. The third-order valence-corrected chi connectivity index (χ3v) is 3.69. The molecule has 0 aliphatic carbocycles. The van der Waals surface area contributed by atoms with Gasteiger partial charge in [-0.15, -0.1) is 0 Å². The van der Waals surface area contributed by atoms with E-state index in [1.165, 1.54) is 0 Å². The van der Waals surface area contributed by atoms with E-state index in [9.17, 15) is 8.42 Å². The minimum Gasteiger partial charge on any atom is -0.497 e. The van der Waals surface area contributed by atoms with Gasteiger partial charge < -0.3 is 4.74 Å². The second-order valence-corrected chi connectivity index (χ2v) is 5.84. The van der Waals surface area contributed by atoms with Gasteiger partial charge in [-0.3, -0.25) is 4.55 Å². The molecule has 2 rings (SSSR count). The molecular weight excluding hydrogens is 266 g/mol. The number of hydrogen-bond donors (Lipinski definition) is 1. The molecule has 1 aromatic carbocycles. The quantitative estimate of drug-likeness (QED) is 0.665. The van der Waals surface area contributed by atoms with E-state index in [1.807, 2.05) is 41.1 Å². The Bertz CT molecular complexity index is 682. The molecule has 102 valence electrons. The smallest absolute Gasteiger partial charge is 0.265 e. The van der Waals surface area contributed by atoms with Crippen LogP contribution in [0.5, 0.6) is 5.75 Å². The number of hydrogen-bond acceptors (Lipinski definition) is 3. The summed E-state index contributed by atoms with van der Waals surface area (Å²) in [5, 5.41) is 1.02. The van der Waals surface area contributed by atoms with Crippen molar-refractivity contribution in [2.45, 2.75) is 13.0 Å². The summed E-state index contributed by atoms with van der Waals surface area (Å²) < 4.78 is 37.2. The maximum Gasteiger partial charge on any atom is 0.265 e. The lowest BCUT2D eigenvalue weighted by molar-refractivity contribution is -0.671. The van der Waals surface area contributed by atoms with Gasteiger partial charge in [-0.05, 0) is 18.2 Å². The van der Waals surface area contributed by atoms with E-state index >= 15 is 0 Å². The maximum absolute atomic E-state index is 10.7. The second kappa shape index (κ2) is 5.54. The summed E-state index contributed by atoms with van der Waals surface area (Å²) in [5.74, 6) is 0.551. The van der Waals surface area contributed by atoms with Crippen molar-refractivity contribution in [2.75, 3.05) is 12.9 Å². The standard InChI is InChI=1S/C13H15NO4S/c1-18-12-5-6-13-11(10-12)4-2-7-14(13)8-3-9-19(15,16)17/h2,4-7,10H,3,8-9H2,1H3/p+1. The summed E-state index contributed by atoms with van der Waals surface area (Å²) in [7, 11) is -2.28. The third-order valence-electron chi connectivity index (χ3n) is 2.89. The third kappa shape index (κ3) is 3.65. The van der Waals surface area contributed by atoms with Gasteiger partial charge in [0.25, 0.3) is 10.1 Å². The van der Waals surface area contributed by atoms with Gasteiger partial charge in [0.05, 0.1) is 18.2 Å². The van der Waals surface area contributed by atoms with Gasteiger partial charge in [0.1, 0.15) is 12.3 Å². The first-order valence-electron chi connectivity index (χ1n) is 5.91. The Morgan fingerprint density at radius 2 is 2.11 bits per heavy atom. The van der Waals surface area contributed by atoms with Gasteiger partial charge in [-0.2, -0.15) is 13.0 Å². The minimum absolute atomic E-state index is 0.230. The minimum atomic E-state index is -3.89. The zero-order valence-electron chi connectivity index (χ0n) is 10.6. The Balaban J connectivity index is 2.24. The van der Waals surface area contributed by atoms with Gasteiger partial charge >= 0.3 is 0 Å². The SMILES string of the molecule is COc1ccc2c(ccc[n+]2CCCS(=O)(=O)O)c1. The van der Waals surface area contributed by atoms with Crippen LogP contribution in [0.25, 0.3) is 10.9 Å². The monoisotopic (exact) mass is 282 g/mol. The van der Waals surface area contributed by atoms with Crippen LogP contribution in [0.1, 0.15) is 6.42 Å². The number of aryl methyl sites for hydroxylation is 1. The van der Waals surface area contributed by atoms with E-state index in [1.54, 1.807) is 7.11 Å². The van der Waals surface area contributed by atoms with Crippen molar-refractivity contribution in [1.29, 1.82) is 0 Å². The molecule has 0 saturated heterocycles. The molecule has 0 saturated carbocycles. The molecule has 1 heterocycles. The van der Waals surface area contributed by atoms with Crippen LogP contribution in [0.15, 0.2) is 36.5 Å². The van der Waals surface area contributed by atoms with Crippen molar-refractivity contribution in [1.82, 2.24) is 0 Å². The zero-order valence-corrected chi connectivity index (χ0v) is 11.4. The van der Waals surface area contributed by atoms with Crippen LogP contribution in [0.2, 0.25) is 0 Å². The lowest BCUT2D eigenvalue weighted by atomic mass is 10.2. The topological polar surface area (TPSA) is 67.5 Å². The highest BCUT2D eigenvalue weighted by Crippen LogP contribution is 2.17. The molecule has 5 nitrogen and oxygen atoms in total. The highest BCUT2D eigenvalue weighted by Gasteiger charge is 2.11. The van der Waals surface area contributed by atoms with E-state index in [4.69, 9.17) is 9.29 Å². The number of benzene rings is 1. The van der Waals surface area contributed by atoms with Gasteiger partial charge in [0, 0.05) is 18.6 Å². The van der Waals surface area contributed by atoms with Crippen LogP contribution in [0.3, 0.4) is 0 Å². The molecule has 0 atom stereocenters. The Kier molecular flexibility index (Phi) is 4.01. The lowest BCUT2D eigenvalue weighted by Gasteiger charge is -2.03. The molecule has 19 heavy (non-hydrogen) atoms. The molecule has 0 spiro atoms. The second-order valence-electron chi connectivity index (χ2n) is 4.27. The van der Waals surface area contributed by atoms with E-state index in [-0.39, 0.29) is 5.75 Å². The highest BCUT2D eigenvalue weighted by atomic mass is 32.2. The molecule has 0 amide bonds. The van der Waals surface area contributed by atoms with E-state index < -0.39 is 10.1 Å². The molecule has 6 heteroatoms. The van der Waals surface area contributed by atoms with Crippen molar-refractivity contribution in [3.8, 4) is 5.75 Å². The van der Waals surface area contributed by atoms with Crippen LogP contribution in [-0.4, -0.2) is 25.8 Å². The van der Waals surface area contributed by atoms with Crippen LogP contribution in [0.4, 0.5) is 0 Å². The molecule has 0 radical (unpaired) electrons. The van der Waals surface area contributed by atoms with Crippen molar-refractivity contribution in [3.63, 3.8) is 0 Å². The number of methoxy groups -OCH3 is 1. The molecular formula is C13H16NO4S+. The summed E-state index contributed by atoms with van der Waals surface area (Å²) in [4.78, 5) is 0. The van der Waals surface area contributed by atoms with Crippen LogP contribution in [0, 0.1) is 0 Å². The predicted molar refractivity (Wildman–Crippen MR) is 71.7 cm³/mol. The van der Waals surface area contributed by atoms with Crippen LogP contribution in [-0.2, 0) is 16.7 Å². The molecule has 0 aliphatic heterocycles. The number of nitrogens with zero attached hydrogens (tertiary/aromatic N) is 1. The average Bonchev–Trinajstić information content (AvgIpc) is 2.37. The molecule has 0 aliphatic rings. The predicted octanol–water partition coefficient (Wildman–Crippen LogP) is 1.41. The molecule has 1 N–H and O–H groups in total. The first-order valence-corrected chi connectivity index (χ1v) is 7.52. The number of rotatable bonds is 5. The van der Waals surface area contributed by atoms with E-state index in [0.29, 0.717) is 13.0 Å². The average molecular weight is 282 g/mol. The molecule has 0 fully saturated rings. The first-order chi connectivity index (χ1) is 8.99. The number of fused-ring (bicyclic) bond motifs is 1. The normalized spacial score (nSPS) is 11.7. The van der Waals surface area contributed by atoms with E-state index in [2.05, 4.69) is 0 Å². The summed E-state index contributed by atoms with van der Waals surface area (Å²) in [6.45, 7) is 0.531. The molecule has 2 aromatic rings. The fourth-order valence-electron chi connectivity index (χ4n) is 2.00. The Morgan fingerprint density at radius 3 is 2.79 bits per heavy atom. The van der Waals surface area contributed by atoms with Gasteiger partial charge in [0.2, 0.25) is 5.52 Å². The van der Waals surface area contributed by atoms with Gasteiger partial charge in [-0.25, -0.2) is 0 Å². The summed E-state index contributed by atoms with van der Waals surface area (Å²) >= 11 is 0. The lowest BCUT2D eigenvalue weighted by Crippen LogP contribution is -2.34. The van der Waals surface area contributed by atoms with Gasteiger partial charge in [-0.1, -0.05) is 0 Å². The zero-order chi connectivity index (χ0) is 13.9. The maximum atomic E-state index is 10.7. The number of ether oxygens (including phenoxy) is 1. The molecule has 1 aromatic heterocycles. The molecule has 0 unspecified atom stereocenters. The van der Waals surface area contributed by atoms with Crippen molar-refractivity contribution >= 4 is 21.0 Å². The Morgan fingerprint density at radius 1 is 1.32 bits per heavy atom. The van der Waals surface area contributed by atoms with E-state index in [0.717, 1.165) is 16.7 Å². The largest absolute Gasteiger partial charge is 0.497 e. The van der Waals surface area contributed by atoms with Crippen molar-refractivity contribution in [2.24, 2.45) is 0 Å².